The first kappa shape index (κ1) is 12.5. The largest absolute Gasteiger partial charge is 0.573 e. The lowest BCUT2D eigenvalue weighted by Crippen LogP contribution is -2.17. The molecule has 0 atom stereocenters. The minimum Gasteiger partial charge on any atom is -0.405 e. The van der Waals surface area contributed by atoms with E-state index in [-0.39, 0.29) is 5.75 Å². The van der Waals surface area contributed by atoms with Crippen molar-refractivity contribution in [2.24, 2.45) is 0 Å². The van der Waals surface area contributed by atoms with E-state index in [0.717, 1.165) is 11.0 Å². The van der Waals surface area contributed by atoms with E-state index in [2.05, 4.69) is 14.7 Å². The van der Waals surface area contributed by atoms with Crippen LogP contribution in [-0.2, 0) is 0 Å². The van der Waals surface area contributed by atoms with Crippen LogP contribution in [0.1, 0.15) is 0 Å². The summed E-state index contributed by atoms with van der Waals surface area (Å²) < 4.78 is 41.2. The standard InChI is InChI=1S/C14H9F3N2O/c15-14(16,17)20-13-4-2-1-3-10(13)9-7-12-11(19-8-9)5-6-18-12/h1-8,18H. The van der Waals surface area contributed by atoms with Crippen LogP contribution in [0.25, 0.3) is 22.2 Å². The zero-order valence-electron chi connectivity index (χ0n) is 10.1. The predicted molar refractivity (Wildman–Crippen MR) is 68.2 cm³/mol. The first-order valence-electron chi connectivity index (χ1n) is 5.81. The van der Waals surface area contributed by atoms with Crippen LogP contribution >= 0.6 is 0 Å². The van der Waals surface area contributed by atoms with Crippen molar-refractivity contribution in [2.75, 3.05) is 0 Å². The third-order valence-electron chi connectivity index (χ3n) is 2.82. The molecule has 0 saturated carbocycles. The Bertz CT molecular complexity index is 749. The Labute approximate surface area is 112 Å². The Hall–Kier alpha value is -2.50. The lowest BCUT2D eigenvalue weighted by molar-refractivity contribution is -0.274. The van der Waals surface area contributed by atoms with Gasteiger partial charge in [-0.05, 0) is 18.2 Å². The summed E-state index contributed by atoms with van der Waals surface area (Å²) in [5.41, 5.74) is 2.40. The van der Waals surface area contributed by atoms with Gasteiger partial charge in [0.1, 0.15) is 5.75 Å². The minimum absolute atomic E-state index is 0.243. The molecule has 0 aliphatic rings. The molecule has 0 amide bonds. The van der Waals surface area contributed by atoms with Crippen molar-refractivity contribution in [3.8, 4) is 16.9 Å². The van der Waals surface area contributed by atoms with Crippen molar-refractivity contribution in [2.45, 2.75) is 6.36 Å². The molecule has 0 unspecified atom stereocenters. The Balaban J connectivity index is 2.08. The number of hydrogen-bond acceptors (Lipinski definition) is 2. The summed E-state index contributed by atoms with van der Waals surface area (Å²) in [7, 11) is 0. The van der Waals surface area contributed by atoms with Crippen molar-refractivity contribution in [1.29, 1.82) is 0 Å². The van der Waals surface area contributed by atoms with E-state index in [4.69, 9.17) is 0 Å². The topological polar surface area (TPSA) is 37.9 Å². The highest BCUT2D eigenvalue weighted by Gasteiger charge is 2.32. The van der Waals surface area contributed by atoms with Gasteiger partial charge in [-0.25, -0.2) is 0 Å². The van der Waals surface area contributed by atoms with Crippen LogP contribution < -0.4 is 4.74 Å². The third-order valence-corrected chi connectivity index (χ3v) is 2.82. The smallest absolute Gasteiger partial charge is 0.405 e. The van der Waals surface area contributed by atoms with E-state index in [1.54, 1.807) is 30.5 Å². The molecule has 102 valence electrons. The predicted octanol–water partition coefficient (Wildman–Crippen LogP) is 4.13. The molecule has 2 heterocycles. The number of halogens is 3. The van der Waals surface area contributed by atoms with Gasteiger partial charge in [0, 0.05) is 23.5 Å². The maximum Gasteiger partial charge on any atom is 0.573 e. The lowest BCUT2D eigenvalue weighted by atomic mass is 10.1. The molecule has 3 rings (SSSR count). The number of para-hydroxylation sites is 1. The van der Waals surface area contributed by atoms with Gasteiger partial charge in [0.15, 0.2) is 0 Å². The van der Waals surface area contributed by atoms with Gasteiger partial charge in [0.2, 0.25) is 0 Å². The molecule has 20 heavy (non-hydrogen) atoms. The summed E-state index contributed by atoms with van der Waals surface area (Å²) in [6, 6.07) is 9.51. The number of benzene rings is 1. The van der Waals surface area contributed by atoms with E-state index in [0.29, 0.717) is 11.1 Å². The molecule has 0 aliphatic carbocycles. The number of fused-ring (bicyclic) bond motifs is 1. The van der Waals surface area contributed by atoms with Crippen molar-refractivity contribution < 1.29 is 17.9 Å². The zero-order chi connectivity index (χ0) is 14.2. The number of alkyl halides is 3. The molecule has 0 spiro atoms. The summed E-state index contributed by atoms with van der Waals surface area (Å²) >= 11 is 0. The summed E-state index contributed by atoms with van der Waals surface area (Å²) in [5, 5.41) is 0. The van der Waals surface area contributed by atoms with E-state index < -0.39 is 6.36 Å². The average Bonchev–Trinajstić information content (AvgIpc) is 2.84. The fourth-order valence-electron chi connectivity index (χ4n) is 2.00. The second-order valence-corrected chi connectivity index (χ2v) is 4.18. The molecule has 0 fully saturated rings. The summed E-state index contributed by atoms with van der Waals surface area (Å²) in [6.07, 6.45) is -1.48. The molecule has 0 bridgehead atoms. The molecule has 0 radical (unpaired) electrons. The molecule has 0 saturated heterocycles. The fraction of sp³-hybridized carbons (Fsp3) is 0.0714. The van der Waals surface area contributed by atoms with Crippen LogP contribution in [-0.4, -0.2) is 16.3 Å². The second kappa shape index (κ2) is 4.56. The average molecular weight is 278 g/mol. The van der Waals surface area contributed by atoms with Crippen LogP contribution in [0.3, 0.4) is 0 Å². The van der Waals surface area contributed by atoms with Gasteiger partial charge in [-0.15, -0.1) is 13.2 Å². The highest BCUT2D eigenvalue weighted by Crippen LogP contribution is 2.34. The number of H-pyrrole nitrogens is 1. The Kier molecular flexibility index (Phi) is 2.85. The maximum atomic E-state index is 12.4. The SMILES string of the molecule is FC(F)(F)Oc1ccccc1-c1cnc2cc[nH]c2c1. The lowest BCUT2D eigenvalue weighted by Gasteiger charge is -2.13. The Morgan fingerprint density at radius 1 is 1.10 bits per heavy atom. The molecule has 2 aromatic heterocycles. The number of nitrogens with one attached hydrogen (secondary N) is 1. The van der Waals surface area contributed by atoms with Gasteiger partial charge in [0.05, 0.1) is 11.0 Å². The molecular formula is C14H9F3N2O. The molecule has 0 aliphatic heterocycles. The molecular weight excluding hydrogens is 269 g/mol. The highest BCUT2D eigenvalue weighted by molar-refractivity contribution is 5.82. The van der Waals surface area contributed by atoms with Crippen LogP contribution in [0, 0.1) is 0 Å². The molecule has 1 N–H and O–H groups in total. The number of nitrogens with zero attached hydrogens (tertiary/aromatic N) is 1. The van der Waals surface area contributed by atoms with Crippen molar-refractivity contribution in [1.82, 2.24) is 9.97 Å². The number of pyridine rings is 1. The number of aromatic nitrogens is 2. The van der Waals surface area contributed by atoms with E-state index in [1.807, 2.05) is 0 Å². The minimum atomic E-state index is -4.72. The summed E-state index contributed by atoms with van der Waals surface area (Å²) in [4.78, 5) is 7.16. The monoisotopic (exact) mass is 278 g/mol. The summed E-state index contributed by atoms with van der Waals surface area (Å²) in [6.45, 7) is 0. The van der Waals surface area contributed by atoms with Gasteiger partial charge in [-0.1, -0.05) is 18.2 Å². The van der Waals surface area contributed by atoms with Crippen LogP contribution in [0.5, 0.6) is 5.75 Å². The second-order valence-electron chi connectivity index (χ2n) is 4.18. The van der Waals surface area contributed by atoms with E-state index in [9.17, 15) is 13.2 Å². The van der Waals surface area contributed by atoms with Crippen molar-refractivity contribution >= 4 is 11.0 Å². The molecule has 6 heteroatoms. The van der Waals surface area contributed by atoms with Crippen molar-refractivity contribution in [3.05, 3.63) is 48.8 Å². The van der Waals surface area contributed by atoms with Crippen molar-refractivity contribution in [3.63, 3.8) is 0 Å². The third kappa shape index (κ3) is 2.45. The van der Waals surface area contributed by atoms with Gasteiger partial charge >= 0.3 is 6.36 Å². The number of rotatable bonds is 2. The van der Waals surface area contributed by atoms with Crippen LogP contribution in [0.4, 0.5) is 13.2 Å². The number of aromatic amines is 1. The summed E-state index contributed by atoms with van der Waals surface area (Å²) in [5.74, 6) is -0.243. The maximum absolute atomic E-state index is 12.4. The van der Waals surface area contributed by atoms with Gasteiger partial charge in [0.25, 0.3) is 0 Å². The first-order valence-corrected chi connectivity index (χ1v) is 5.81. The van der Waals surface area contributed by atoms with Gasteiger partial charge < -0.3 is 9.72 Å². The normalized spacial score (nSPS) is 11.8. The quantitative estimate of drug-likeness (QED) is 0.765. The molecule has 3 nitrogen and oxygen atoms in total. The Morgan fingerprint density at radius 3 is 2.70 bits per heavy atom. The zero-order valence-corrected chi connectivity index (χ0v) is 10.1. The van der Waals surface area contributed by atoms with Crippen LogP contribution in [0.2, 0.25) is 0 Å². The fourth-order valence-corrected chi connectivity index (χ4v) is 2.00. The van der Waals surface area contributed by atoms with E-state index in [1.165, 1.54) is 18.3 Å². The molecule has 1 aromatic carbocycles. The van der Waals surface area contributed by atoms with Crippen LogP contribution in [0.15, 0.2) is 48.8 Å². The van der Waals surface area contributed by atoms with E-state index >= 15 is 0 Å². The first-order chi connectivity index (χ1) is 9.53. The Morgan fingerprint density at radius 2 is 1.90 bits per heavy atom. The number of ether oxygens (including phenoxy) is 1. The number of hydrogen-bond donors (Lipinski definition) is 1. The van der Waals surface area contributed by atoms with Gasteiger partial charge in [-0.3, -0.25) is 4.98 Å². The molecule has 3 aromatic rings. The van der Waals surface area contributed by atoms with Gasteiger partial charge in [-0.2, -0.15) is 0 Å². The highest BCUT2D eigenvalue weighted by atomic mass is 19.4.